The lowest BCUT2D eigenvalue weighted by atomic mass is 10.1. The monoisotopic (exact) mass is 380 g/mol. The summed E-state index contributed by atoms with van der Waals surface area (Å²) in [6.45, 7) is 4.52. The first-order valence-electron chi connectivity index (χ1n) is 9.27. The first-order valence-corrected chi connectivity index (χ1v) is 9.27. The Morgan fingerprint density at radius 1 is 0.857 bits per heavy atom. The molecule has 0 aliphatic carbocycles. The molecule has 0 radical (unpaired) electrons. The molecule has 0 aromatic heterocycles. The van der Waals surface area contributed by atoms with Gasteiger partial charge in [-0.3, -0.25) is 14.4 Å². The highest BCUT2D eigenvalue weighted by Crippen LogP contribution is 2.20. The third-order valence-corrected chi connectivity index (χ3v) is 4.73. The number of anilines is 2. The molecule has 3 amide bonds. The van der Waals surface area contributed by atoms with E-state index in [0.717, 1.165) is 13.1 Å². The van der Waals surface area contributed by atoms with Crippen LogP contribution in [-0.4, -0.2) is 55.3 Å². The Kier molecular flexibility index (Phi) is 6.26. The van der Waals surface area contributed by atoms with E-state index in [1.54, 1.807) is 29.2 Å². The molecule has 1 heterocycles. The summed E-state index contributed by atoms with van der Waals surface area (Å²) in [5.74, 6) is -1.80. The number of amides is 3. The van der Waals surface area contributed by atoms with Crippen LogP contribution in [-0.2, 0) is 14.4 Å². The van der Waals surface area contributed by atoms with Gasteiger partial charge < -0.3 is 20.4 Å². The number of nitrogens with zero attached hydrogens (tertiary/aromatic N) is 2. The van der Waals surface area contributed by atoms with E-state index in [0.29, 0.717) is 18.8 Å². The Morgan fingerprint density at radius 2 is 1.50 bits per heavy atom. The fourth-order valence-corrected chi connectivity index (χ4v) is 3.17. The average molecular weight is 380 g/mol. The SMILES string of the molecule is Cc1ccccc1N1CCN(C(=O)CNC(=O)C(=O)Nc2ccccc2)CC1. The lowest BCUT2D eigenvalue weighted by Gasteiger charge is -2.36. The predicted molar refractivity (Wildman–Crippen MR) is 108 cm³/mol. The number of hydrogen-bond donors (Lipinski definition) is 2. The summed E-state index contributed by atoms with van der Waals surface area (Å²) in [6.07, 6.45) is 0. The van der Waals surface area contributed by atoms with E-state index < -0.39 is 11.8 Å². The lowest BCUT2D eigenvalue weighted by molar-refractivity contribution is -0.138. The fraction of sp³-hybridized carbons (Fsp3) is 0.286. The number of para-hydroxylation sites is 2. The maximum atomic E-state index is 12.4. The highest BCUT2D eigenvalue weighted by molar-refractivity contribution is 6.39. The Balaban J connectivity index is 1.44. The van der Waals surface area contributed by atoms with E-state index >= 15 is 0 Å². The van der Waals surface area contributed by atoms with E-state index in [1.165, 1.54) is 11.3 Å². The fourth-order valence-electron chi connectivity index (χ4n) is 3.17. The van der Waals surface area contributed by atoms with Gasteiger partial charge in [0.25, 0.3) is 0 Å². The smallest absolute Gasteiger partial charge is 0.313 e. The zero-order chi connectivity index (χ0) is 19.9. The van der Waals surface area contributed by atoms with E-state index in [-0.39, 0.29) is 12.5 Å². The van der Waals surface area contributed by atoms with Crippen LogP contribution in [0.25, 0.3) is 0 Å². The van der Waals surface area contributed by atoms with Crippen LogP contribution in [0.4, 0.5) is 11.4 Å². The van der Waals surface area contributed by atoms with Crippen LogP contribution in [0.2, 0.25) is 0 Å². The number of carbonyl (C=O) groups excluding carboxylic acids is 3. The minimum absolute atomic E-state index is 0.189. The van der Waals surface area contributed by atoms with Crippen molar-refractivity contribution in [3.8, 4) is 0 Å². The molecular formula is C21H24N4O3. The second-order valence-corrected chi connectivity index (χ2v) is 6.66. The molecular weight excluding hydrogens is 356 g/mol. The van der Waals surface area contributed by atoms with Crippen LogP contribution in [0, 0.1) is 6.92 Å². The first-order chi connectivity index (χ1) is 13.5. The number of benzene rings is 2. The molecule has 1 aliphatic heterocycles. The minimum atomic E-state index is -0.823. The predicted octanol–water partition coefficient (Wildman–Crippen LogP) is 1.40. The van der Waals surface area contributed by atoms with Gasteiger partial charge in [-0.1, -0.05) is 36.4 Å². The molecule has 2 aromatic carbocycles. The maximum Gasteiger partial charge on any atom is 0.313 e. The van der Waals surface area contributed by atoms with Gasteiger partial charge in [0.2, 0.25) is 5.91 Å². The van der Waals surface area contributed by atoms with Crippen molar-refractivity contribution < 1.29 is 14.4 Å². The highest BCUT2D eigenvalue weighted by Gasteiger charge is 2.23. The number of hydrogen-bond acceptors (Lipinski definition) is 4. The Hall–Kier alpha value is -3.35. The van der Waals surface area contributed by atoms with Crippen molar-refractivity contribution >= 4 is 29.1 Å². The first kappa shape index (κ1) is 19.4. The van der Waals surface area contributed by atoms with Gasteiger partial charge in [0.15, 0.2) is 0 Å². The van der Waals surface area contributed by atoms with Crippen LogP contribution in [0.5, 0.6) is 0 Å². The molecule has 7 nitrogen and oxygen atoms in total. The molecule has 3 rings (SSSR count). The second-order valence-electron chi connectivity index (χ2n) is 6.66. The topological polar surface area (TPSA) is 81.8 Å². The van der Waals surface area contributed by atoms with Gasteiger partial charge in [-0.05, 0) is 30.7 Å². The molecule has 7 heteroatoms. The van der Waals surface area contributed by atoms with E-state index in [4.69, 9.17) is 0 Å². The van der Waals surface area contributed by atoms with Crippen LogP contribution < -0.4 is 15.5 Å². The second kappa shape index (κ2) is 9.03. The standard InChI is InChI=1S/C21H24N4O3/c1-16-7-5-6-10-18(16)24-11-13-25(14-12-24)19(26)15-22-20(27)21(28)23-17-8-3-2-4-9-17/h2-10H,11-15H2,1H3,(H,22,27)(H,23,28). The number of carbonyl (C=O) groups is 3. The van der Waals surface area contributed by atoms with E-state index in [2.05, 4.69) is 34.6 Å². The van der Waals surface area contributed by atoms with Crippen molar-refractivity contribution in [2.45, 2.75) is 6.92 Å². The van der Waals surface area contributed by atoms with Crippen molar-refractivity contribution in [2.24, 2.45) is 0 Å². The molecule has 28 heavy (non-hydrogen) atoms. The summed E-state index contributed by atoms with van der Waals surface area (Å²) in [4.78, 5) is 40.1. The molecule has 1 fully saturated rings. The summed E-state index contributed by atoms with van der Waals surface area (Å²) in [5, 5.41) is 4.89. The number of piperazine rings is 1. The summed E-state index contributed by atoms with van der Waals surface area (Å²) >= 11 is 0. The zero-order valence-corrected chi connectivity index (χ0v) is 15.9. The largest absolute Gasteiger partial charge is 0.368 e. The number of nitrogens with one attached hydrogen (secondary N) is 2. The van der Waals surface area contributed by atoms with Crippen LogP contribution >= 0.6 is 0 Å². The van der Waals surface area contributed by atoms with Crippen LogP contribution in [0.1, 0.15) is 5.56 Å². The highest BCUT2D eigenvalue weighted by atomic mass is 16.2. The molecule has 1 aliphatic rings. The Bertz CT molecular complexity index is 846. The Morgan fingerprint density at radius 3 is 2.18 bits per heavy atom. The average Bonchev–Trinajstić information content (AvgIpc) is 2.73. The van der Waals surface area contributed by atoms with Crippen molar-refractivity contribution in [1.82, 2.24) is 10.2 Å². The lowest BCUT2D eigenvalue weighted by Crippen LogP contribution is -2.52. The summed E-state index contributed by atoms with van der Waals surface area (Å²) < 4.78 is 0. The molecule has 0 atom stereocenters. The molecule has 0 saturated carbocycles. The van der Waals surface area contributed by atoms with Gasteiger partial charge in [0.05, 0.1) is 6.54 Å². The van der Waals surface area contributed by atoms with E-state index in [9.17, 15) is 14.4 Å². The zero-order valence-electron chi connectivity index (χ0n) is 15.9. The van der Waals surface area contributed by atoms with Gasteiger partial charge in [0.1, 0.15) is 0 Å². The van der Waals surface area contributed by atoms with Crippen LogP contribution in [0.3, 0.4) is 0 Å². The van der Waals surface area contributed by atoms with Gasteiger partial charge >= 0.3 is 11.8 Å². The van der Waals surface area contributed by atoms with Crippen LogP contribution in [0.15, 0.2) is 54.6 Å². The number of rotatable bonds is 4. The third-order valence-electron chi connectivity index (χ3n) is 4.73. The summed E-state index contributed by atoms with van der Waals surface area (Å²) in [7, 11) is 0. The third kappa shape index (κ3) is 4.88. The molecule has 0 spiro atoms. The minimum Gasteiger partial charge on any atom is -0.368 e. The summed E-state index contributed by atoms with van der Waals surface area (Å²) in [5.41, 5.74) is 2.92. The van der Waals surface area contributed by atoms with Crippen molar-refractivity contribution in [3.63, 3.8) is 0 Å². The maximum absolute atomic E-state index is 12.4. The van der Waals surface area contributed by atoms with Gasteiger partial charge in [0, 0.05) is 37.6 Å². The van der Waals surface area contributed by atoms with E-state index in [1.807, 2.05) is 18.2 Å². The molecule has 1 saturated heterocycles. The number of aryl methyl sites for hydroxylation is 1. The Labute approximate surface area is 164 Å². The quantitative estimate of drug-likeness (QED) is 0.786. The molecule has 2 aromatic rings. The molecule has 146 valence electrons. The van der Waals surface area contributed by atoms with Crippen molar-refractivity contribution in [1.29, 1.82) is 0 Å². The van der Waals surface area contributed by atoms with Crippen molar-refractivity contribution in [2.75, 3.05) is 42.9 Å². The molecule has 2 N–H and O–H groups in total. The van der Waals surface area contributed by atoms with Gasteiger partial charge in [-0.25, -0.2) is 0 Å². The van der Waals surface area contributed by atoms with Gasteiger partial charge in [-0.2, -0.15) is 0 Å². The molecule has 0 bridgehead atoms. The van der Waals surface area contributed by atoms with Gasteiger partial charge in [-0.15, -0.1) is 0 Å². The van der Waals surface area contributed by atoms with Crippen molar-refractivity contribution in [3.05, 3.63) is 60.2 Å². The summed E-state index contributed by atoms with van der Waals surface area (Å²) in [6, 6.07) is 16.9. The normalized spacial score (nSPS) is 13.8. The molecule has 0 unspecified atom stereocenters.